The minimum Gasteiger partial charge on any atom is -0.493 e. The van der Waals surface area contributed by atoms with Crippen molar-refractivity contribution in [2.24, 2.45) is 0 Å². The number of rotatable bonds is 8. The van der Waals surface area contributed by atoms with E-state index in [1.165, 1.54) is 5.56 Å². The molecule has 150 valence electrons. The van der Waals surface area contributed by atoms with E-state index in [2.05, 4.69) is 32.8 Å². The van der Waals surface area contributed by atoms with E-state index in [4.69, 9.17) is 32.7 Å². The van der Waals surface area contributed by atoms with Gasteiger partial charge in [-0.1, -0.05) is 30.3 Å². The highest BCUT2D eigenvalue weighted by atomic mass is 35.5. The second kappa shape index (κ2) is 9.96. The van der Waals surface area contributed by atoms with Crippen LogP contribution in [-0.2, 0) is 6.54 Å². The van der Waals surface area contributed by atoms with Gasteiger partial charge in [0.1, 0.15) is 17.6 Å². The van der Waals surface area contributed by atoms with E-state index in [1.54, 1.807) is 19.3 Å². The smallest absolute Gasteiger partial charge is 0.225 e. The first-order valence-corrected chi connectivity index (χ1v) is 9.92. The summed E-state index contributed by atoms with van der Waals surface area (Å²) in [6.45, 7) is 6.98. The van der Waals surface area contributed by atoms with Gasteiger partial charge in [-0.2, -0.15) is 0 Å². The number of likely N-dealkylation sites (tertiary alicyclic amines) is 1. The van der Waals surface area contributed by atoms with Crippen molar-refractivity contribution in [2.75, 3.05) is 32.1 Å². The monoisotopic (exact) mass is 422 g/mol. The predicted octanol–water partition coefficient (Wildman–Crippen LogP) is 4.43. The molecule has 8 heteroatoms. The van der Waals surface area contributed by atoms with Gasteiger partial charge in [-0.25, -0.2) is 9.97 Å². The van der Waals surface area contributed by atoms with Crippen LogP contribution < -0.4 is 14.8 Å². The third-order valence-corrected chi connectivity index (χ3v) is 4.96. The molecule has 1 saturated heterocycles. The van der Waals surface area contributed by atoms with Crippen LogP contribution in [0.25, 0.3) is 0 Å². The number of piperidine rings is 1. The molecule has 28 heavy (non-hydrogen) atoms. The first-order chi connectivity index (χ1) is 13.6. The van der Waals surface area contributed by atoms with E-state index < -0.39 is 0 Å². The second-order valence-electron chi connectivity index (χ2n) is 6.62. The molecule has 0 atom stereocenters. The molecule has 0 amide bonds. The molecule has 0 aliphatic carbocycles. The number of benzene rings is 1. The summed E-state index contributed by atoms with van der Waals surface area (Å²) in [4.78, 5) is 10.5. The van der Waals surface area contributed by atoms with Gasteiger partial charge < -0.3 is 14.8 Å². The van der Waals surface area contributed by atoms with Gasteiger partial charge >= 0.3 is 0 Å². The summed E-state index contributed by atoms with van der Waals surface area (Å²) >= 11 is 11.8. The van der Waals surface area contributed by atoms with Gasteiger partial charge in [0.05, 0.1) is 7.11 Å². The van der Waals surface area contributed by atoms with Gasteiger partial charge in [-0.15, -0.1) is 0 Å². The molecule has 1 aliphatic heterocycles. The summed E-state index contributed by atoms with van der Waals surface area (Å²) in [5.74, 6) is 2.15. The Hall–Kier alpha value is -2.02. The Morgan fingerprint density at radius 2 is 2.00 bits per heavy atom. The molecule has 0 spiro atoms. The number of nitrogens with one attached hydrogen (secondary N) is 1. The van der Waals surface area contributed by atoms with E-state index in [0.29, 0.717) is 23.6 Å². The van der Waals surface area contributed by atoms with Gasteiger partial charge in [0.2, 0.25) is 5.28 Å². The van der Waals surface area contributed by atoms with Gasteiger partial charge in [0, 0.05) is 31.7 Å². The Balaban J connectivity index is 1.54. The second-order valence-corrected chi connectivity index (χ2v) is 7.35. The lowest BCUT2D eigenvalue weighted by atomic mass is 10.0. The zero-order valence-corrected chi connectivity index (χ0v) is 17.3. The highest BCUT2D eigenvalue weighted by molar-refractivity contribution is 6.32. The van der Waals surface area contributed by atoms with Crippen LogP contribution in [0.1, 0.15) is 18.4 Å². The molecular formula is C20H24Cl2N4O2. The molecule has 0 radical (unpaired) electrons. The average Bonchev–Trinajstić information content (AvgIpc) is 2.67. The zero-order chi connectivity index (χ0) is 19.9. The topological polar surface area (TPSA) is 59.5 Å². The van der Waals surface area contributed by atoms with Gasteiger partial charge in [-0.05, 0) is 42.1 Å². The lowest BCUT2D eigenvalue weighted by Gasteiger charge is -2.32. The molecule has 2 aromatic rings. The number of hydrogen-bond acceptors (Lipinski definition) is 6. The molecule has 1 aromatic carbocycles. The molecule has 6 nitrogen and oxygen atoms in total. The Bertz CT molecular complexity index is 791. The Labute approximate surface area is 175 Å². The average molecular weight is 423 g/mol. The number of ether oxygens (including phenoxy) is 2. The first-order valence-electron chi connectivity index (χ1n) is 9.17. The van der Waals surface area contributed by atoms with E-state index in [0.717, 1.165) is 44.0 Å². The van der Waals surface area contributed by atoms with Gasteiger partial charge in [0.15, 0.2) is 11.5 Å². The van der Waals surface area contributed by atoms with Crippen LogP contribution in [0, 0.1) is 0 Å². The summed E-state index contributed by atoms with van der Waals surface area (Å²) in [5.41, 5.74) is 1.20. The van der Waals surface area contributed by atoms with Crippen molar-refractivity contribution < 1.29 is 9.47 Å². The summed E-state index contributed by atoms with van der Waals surface area (Å²) < 4.78 is 11.1. The number of hydrogen-bond donors (Lipinski definition) is 1. The fraction of sp³-hybridized carbons (Fsp3) is 0.400. The van der Waals surface area contributed by atoms with Crippen LogP contribution in [0.5, 0.6) is 11.5 Å². The van der Waals surface area contributed by atoms with Crippen LogP contribution >= 0.6 is 23.2 Å². The number of halogens is 2. The molecule has 0 saturated carbocycles. The molecule has 2 heterocycles. The zero-order valence-electron chi connectivity index (χ0n) is 15.8. The van der Waals surface area contributed by atoms with E-state index in [9.17, 15) is 0 Å². The molecule has 1 N–H and O–H groups in total. The maximum Gasteiger partial charge on any atom is 0.225 e. The van der Waals surface area contributed by atoms with E-state index >= 15 is 0 Å². The van der Waals surface area contributed by atoms with Crippen molar-refractivity contribution >= 4 is 29.0 Å². The third-order valence-electron chi connectivity index (χ3n) is 4.60. The maximum atomic E-state index is 5.94. The van der Waals surface area contributed by atoms with Gasteiger partial charge in [-0.3, -0.25) is 4.90 Å². The van der Waals surface area contributed by atoms with Crippen molar-refractivity contribution in [1.82, 2.24) is 14.9 Å². The Kier molecular flexibility index (Phi) is 7.36. The van der Waals surface area contributed by atoms with Crippen LogP contribution in [0.3, 0.4) is 0 Å². The third kappa shape index (κ3) is 5.74. The summed E-state index contributed by atoms with van der Waals surface area (Å²) in [6, 6.07) is 8.10. The molecule has 0 bridgehead atoms. The number of anilines is 1. The Morgan fingerprint density at radius 1 is 1.21 bits per heavy atom. The van der Waals surface area contributed by atoms with Crippen molar-refractivity contribution in [1.29, 1.82) is 0 Å². The lowest BCUT2D eigenvalue weighted by Crippen LogP contribution is -2.38. The van der Waals surface area contributed by atoms with Crippen LogP contribution in [0.15, 0.2) is 36.9 Å². The normalized spacial score (nSPS) is 15.2. The minimum absolute atomic E-state index is 0.154. The van der Waals surface area contributed by atoms with Crippen LogP contribution in [0.4, 0.5) is 5.82 Å². The largest absolute Gasteiger partial charge is 0.493 e. The molecule has 1 aliphatic rings. The minimum atomic E-state index is 0.154. The van der Waals surface area contributed by atoms with Crippen molar-refractivity contribution in [3.63, 3.8) is 0 Å². The quantitative estimate of drug-likeness (QED) is 0.385. The SMILES string of the molecule is C=CCOc1cc(CN2CCC(Nc3cc(Cl)nc(Cl)n3)CC2)ccc1OC. The predicted molar refractivity (Wildman–Crippen MR) is 113 cm³/mol. The van der Waals surface area contributed by atoms with Crippen LogP contribution in [0.2, 0.25) is 10.4 Å². The number of aromatic nitrogens is 2. The fourth-order valence-corrected chi connectivity index (χ4v) is 3.66. The first kappa shape index (κ1) is 20.7. The number of nitrogens with zero attached hydrogens (tertiary/aromatic N) is 3. The highest BCUT2D eigenvalue weighted by Gasteiger charge is 2.20. The summed E-state index contributed by atoms with van der Waals surface area (Å²) in [7, 11) is 1.64. The fourth-order valence-electron chi connectivity index (χ4n) is 3.25. The molecular weight excluding hydrogens is 399 g/mol. The highest BCUT2D eigenvalue weighted by Crippen LogP contribution is 2.29. The maximum absolute atomic E-state index is 5.94. The summed E-state index contributed by atoms with van der Waals surface area (Å²) in [5, 5.41) is 3.90. The molecule has 1 fully saturated rings. The van der Waals surface area contributed by atoms with Gasteiger partial charge in [0.25, 0.3) is 0 Å². The van der Waals surface area contributed by atoms with E-state index in [1.807, 2.05) is 12.1 Å². The lowest BCUT2D eigenvalue weighted by molar-refractivity contribution is 0.210. The Morgan fingerprint density at radius 3 is 2.68 bits per heavy atom. The molecule has 0 unspecified atom stereocenters. The standard InChI is InChI=1S/C20H24Cl2N4O2/c1-3-10-28-17-11-14(4-5-16(17)27-2)13-26-8-6-15(7-9-26)23-19-12-18(21)24-20(22)25-19/h3-5,11-12,15H,1,6-10,13H2,2H3,(H,23,24,25). The number of methoxy groups -OCH3 is 1. The van der Waals surface area contributed by atoms with Crippen molar-refractivity contribution in [2.45, 2.75) is 25.4 Å². The van der Waals surface area contributed by atoms with E-state index in [-0.39, 0.29) is 5.28 Å². The molecule has 3 rings (SSSR count). The van der Waals surface area contributed by atoms with Crippen molar-refractivity contribution in [3.8, 4) is 11.5 Å². The van der Waals surface area contributed by atoms with Crippen LogP contribution in [-0.4, -0.2) is 47.7 Å². The summed E-state index contributed by atoms with van der Waals surface area (Å²) in [6.07, 6.45) is 3.74. The molecule has 1 aromatic heterocycles. The van der Waals surface area contributed by atoms with Crippen molar-refractivity contribution in [3.05, 3.63) is 52.9 Å².